The molecule has 1 aromatic rings. The second-order valence-corrected chi connectivity index (χ2v) is 4.66. The highest BCUT2D eigenvalue weighted by molar-refractivity contribution is 9.18. The van der Waals surface area contributed by atoms with E-state index in [-0.39, 0.29) is 21.2 Å². The van der Waals surface area contributed by atoms with Crippen molar-refractivity contribution in [2.75, 3.05) is 5.32 Å². The second kappa shape index (κ2) is 6.35. The van der Waals surface area contributed by atoms with Crippen LogP contribution >= 0.6 is 50.7 Å². The van der Waals surface area contributed by atoms with E-state index in [2.05, 4.69) is 26.2 Å². The molecule has 0 fully saturated rings. The molecule has 0 atom stereocenters. The van der Waals surface area contributed by atoms with Gasteiger partial charge in [-0.2, -0.15) is 0 Å². The minimum Gasteiger partial charge on any atom is -0.334 e. The third-order valence-electron chi connectivity index (χ3n) is 1.61. The zero-order valence-corrected chi connectivity index (χ0v) is 12.0. The summed E-state index contributed by atoms with van der Waals surface area (Å²) < 4.78 is -0.178. The zero-order chi connectivity index (χ0) is 13.0. The molecule has 0 aromatic carbocycles. The quantitative estimate of drug-likeness (QED) is 0.490. The van der Waals surface area contributed by atoms with Crippen LogP contribution in [-0.2, 0) is 4.79 Å². The molecule has 0 bridgehead atoms. The summed E-state index contributed by atoms with van der Waals surface area (Å²) in [5.41, 5.74) is -0.171. The van der Waals surface area contributed by atoms with Crippen molar-refractivity contribution in [2.24, 2.45) is 0 Å². The number of hydrogen-bond donors (Lipinski definition) is 2. The standard InChI is InChI=1S/C9H5BrCl3N3O/c10-7(14)5(12)6(8(13)17)16-9-4(11)2-1-3-15-9/h1-3,14H,(H,15,16)/b6-5+,14-7?. The van der Waals surface area contributed by atoms with Crippen LogP contribution in [-0.4, -0.2) is 14.8 Å². The van der Waals surface area contributed by atoms with Gasteiger partial charge < -0.3 is 5.32 Å². The van der Waals surface area contributed by atoms with E-state index in [4.69, 9.17) is 40.2 Å². The Balaban J connectivity index is 3.14. The van der Waals surface area contributed by atoms with Gasteiger partial charge in [-0.05, 0) is 39.7 Å². The number of hydrogen-bond acceptors (Lipinski definition) is 4. The summed E-state index contributed by atoms with van der Waals surface area (Å²) in [5, 5.41) is 9.14. The lowest BCUT2D eigenvalue weighted by Gasteiger charge is -2.09. The van der Waals surface area contributed by atoms with Gasteiger partial charge in [0.2, 0.25) is 0 Å². The van der Waals surface area contributed by atoms with E-state index in [9.17, 15) is 4.79 Å². The first-order valence-electron chi connectivity index (χ1n) is 4.15. The summed E-state index contributed by atoms with van der Waals surface area (Å²) in [6.07, 6.45) is 1.48. The normalized spacial score (nSPS) is 11.8. The maximum absolute atomic E-state index is 11.2. The summed E-state index contributed by atoms with van der Waals surface area (Å²) in [6.45, 7) is 0. The fourth-order valence-electron chi connectivity index (χ4n) is 0.896. The van der Waals surface area contributed by atoms with Gasteiger partial charge >= 0.3 is 0 Å². The number of nitrogens with zero attached hydrogens (tertiary/aromatic N) is 1. The van der Waals surface area contributed by atoms with Gasteiger partial charge in [-0.3, -0.25) is 10.2 Å². The molecule has 0 aliphatic rings. The van der Waals surface area contributed by atoms with Gasteiger partial charge in [0.25, 0.3) is 5.24 Å². The highest BCUT2D eigenvalue weighted by Crippen LogP contribution is 2.23. The predicted octanol–water partition coefficient (Wildman–Crippen LogP) is 3.73. The number of allylic oxidation sites excluding steroid dienone is 2. The van der Waals surface area contributed by atoms with Gasteiger partial charge in [-0.15, -0.1) is 0 Å². The number of aromatic nitrogens is 1. The molecule has 0 radical (unpaired) electrons. The summed E-state index contributed by atoms with van der Waals surface area (Å²) in [5.74, 6) is 0.227. The van der Waals surface area contributed by atoms with E-state index in [1.165, 1.54) is 6.20 Å². The van der Waals surface area contributed by atoms with Crippen LogP contribution in [0.1, 0.15) is 0 Å². The van der Waals surface area contributed by atoms with Gasteiger partial charge in [-0.1, -0.05) is 23.2 Å². The van der Waals surface area contributed by atoms with Crippen LogP contribution in [0.5, 0.6) is 0 Å². The lowest BCUT2D eigenvalue weighted by molar-refractivity contribution is -0.108. The Morgan fingerprint density at radius 1 is 1.47 bits per heavy atom. The van der Waals surface area contributed by atoms with Crippen molar-refractivity contribution in [2.45, 2.75) is 0 Å². The maximum atomic E-state index is 11.2. The molecule has 0 amide bonds. The van der Waals surface area contributed by atoms with Gasteiger partial charge in [0.15, 0.2) is 0 Å². The van der Waals surface area contributed by atoms with Gasteiger partial charge in [-0.25, -0.2) is 4.98 Å². The Bertz CT molecular complexity index is 504. The number of anilines is 1. The van der Waals surface area contributed by atoms with Crippen molar-refractivity contribution in [3.63, 3.8) is 0 Å². The molecule has 0 unspecified atom stereocenters. The molecule has 90 valence electrons. The molecule has 17 heavy (non-hydrogen) atoms. The van der Waals surface area contributed by atoms with Crippen LogP contribution in [0, 0.1) is 5.41 Å². The van der Waals surface area contributed by atoms with Crippen molar-refractivity contribution >= 4 is 66.4 Å². The van der Waals surface area contributed by atoms with E-state index < -0.39 is 5.24 Å². The summed E-state index contributed by atoms with van der Waals surface area (Å²) in [4.78, 5) is 15.1. The molecule has 0 spiro atoms. The molecule has 1 rings (SSSR count). The number of carbonyl (C=O) groups is 1. The smallest absolute Gasteiger partial charge is 0.270 e. The average Bonchev–Trinajstić information content (AvgIpc) is 2.26. The monoisotopic (exact) mass is 355 g/mol. The fraction of sp³-hybridized carbons (Fsp3) is 0. The van der Waals surface area contributed by atoms with Gasteiger partial charge in [0, 0.05) is 6.20 Å². The van der Waals surface area contributed by atoms with Gasteiger partial charge in [0.05, 0.1) is 5.02 Å². The number of halogens is 4. The van der Waals surface area contributed by atoms with E-state index in [1.54, 1.807) is 12.1 Å². The minimum atomic E-state index is -0.846. The predicted molar refractivity (Wildman–Crippen MR) is 73.3 cm³/mol. The van der Waals surface area contributed by atoms with Crippen molar-refractivity contribution < 1.29 is 4.79 Å². The highest BCUT2D eigenvalue weighted by atomic mass is 79.9. The fourth-order valence-corrected chi connectivity index (χ4v) is 1.59. The van der Waals surface area contributed by atoms with Gasteiger partial charge in [0.1, 0.15) is 21.2 Å². The van der Waals surface area contributed by atoms with Crippen LogP contribution in [0.15, 0.2) is 29.1 Å². The van der Waals surface area contributed by atoms with Crippen molar-refractivity contribution in [3.05, 3.63) is 34.1 Å². The Kier molecular flexibility index (Phi) is 5.39. The van der Waals surface area contributed by atoms with E-state index in [1.807, 2.05) is 0 Å². The van der Waals surface area contributed by atoms with E-state index in [0.29, 0.717) is 5.02 Å². The SMILES string of the molecule is N=C(Br)/C(Cl)=C(\Nc1ncccc1Cl)C(=O)Cl. The zero-order valence-electron chi connectivity index (χ0n) is 8.10. The first-order chi connectivity index (χ1) is 7.93. The molecule has 2 N–H and O–H groups in total. The molecule has 8 heteroatoms. The number of pyridine rings is 1. The van der Waals surface area contributed by atoms with Crippen molar-refractivity contribution in [1.82, 2.24) is 4.98 Å². The van der Waals surface area contributed by atoms with Crippen LogP contribution in [0.3, 0.4) is 0 Å². The average molecular weight is 357 g/mol. The molecule has 0 saturated heterocycles. The number of rotatable bonds is 4. The first kappa shape index (κ1) is 14.4. The minimum absolute atomic E-state index is 0.160. The molecule has 1 heterocycles. The topological polar surface area (TPSA) is 65.8 Å². The third kappa shape index (κ3) is 3.96. The van der Waals surface area contributed by atoms with Crippen molar-refractivity contribution in [1.29, 1.82) is 5.41 Å². The maximum Gasteiger partial charge on any atom is 0.270 e. The summed E-state index contributed by atoms with van der Waals surface area (Å²) in [7, 11) is 0. The highest BCUT2D eigenvalue weighted by Gasteiger charge is 2.16. The first-order valence-corrected chi connectivity index (χ1v) is 6.07. The Morgan fingerprint density at radius 2 is 2.12 bits per heavy atom. The van der Waals surface area contributed by atoms with E-state index in [0.717, 1.165) is 0 Å². The molecular formula is C9H5BrCl3N3O. The summed E-state index contributed by atoms with van der Waals surface area (Å²) >= 11 is 19.8. The Morgan fingerprint density at radius 3 is 2.59 bits per heavy atom. The Labute approximate surface area is 121 Å². The molecule has 0 saturated carbocycles. The molecular weight excluding hydrogens is 352 g/mol. The molecule has 1 aromatic heterocycles. The van der Waals surface area contributed by atoms with Crippen LogP contribution < -0.4 is 5.32 Å². The van der Waals surface area contributed by atoms with Crippen LogP contribution in [0.25, 0.3) is 0 Å². The lowest BCUT2D eigenvalue weighted by atomic mass is 10.4. The molecule has 0 aliphatic heterocycles. The van der Waals surface area contributed by atoms with Crippen LogP contribution in [0.2, 0.25) is 5.02 Å². The Hall–Kier alpha value is -0.620. The lowest BCUT2D eigenvalue weighted by Crippen LogP contribution is -2.11. The van der Waals surface area contributed by atoms with Crippen LogP contribution in [0.4, 0.5) is 5.82 Å². The van der Waals surface area contributed by atoms with Crippen molar-refractivity contribution in [3.8, 4) is 0 Å². The molecule has 0 aliphatic carbocycles. The number of carbonyl (C=O) groups excluding carboxylic acids is 1. The largest absolute Gasteiger partial charge is 0.334 e. The number of nitrogens with one attached hydrogen (secondary N) is 2. The second-order valence-electron chi connectivity index (χ2n) is 2.74. The molecule has 4 nitrogen and oxygen atoms in total. The van der Waals surface area contributed by atoms with E-state index >= 15 is 0 Å². The third-order valence-corrected chi connectivity index (χ3v) is 3.11. The summed E-state index contributed by atoms with van der Waals surface area (Å²) in [6, 6.07) is 3.22.